The predicted octanol–water partition coefficient (Wildman–Crippen LogP) is 0.0692. The van der Waals surface area contributed by atoms with Crippen LogP contribution in [0.2, 0.25) is 0 Å². The zero-order valence-electron chi connectivity index (χ0n) is 10.0. The quantitative estimate of drug-likeness (QED) is 0.717. The Bertz CT molecular complexity index is 187. The topological polar surface area (TPSA) is 44.7 Å². The summed E-state index contributed by atoms with van der Waals surface area (Å²) in [5.41, 5.74) is 0. The number of rotatable bonds is 3. The maximum atomic E-state index is 10.2. The zero-order valence-corrected chi connectivity index (χ0v) is 10.0. The number of nitrogens with zero attached hydrogens (tertiary/aromatic N) is 1. The summed E-state index contributed by atoms with van der Waals surface area (Å²) in [7, 11) is 0. The van der Waals surface area contributed by atoms with E-state index in [2.05, 4.69) is 10.2 Å². The average molecular weight is 228 g/mol. The van der Waals surface area contributed by atoms with Crippen LogP contribution >= 0.6 is 0 Å². The number of nitrogens with one attached hydrogen (secondary N) is 1. The first-order valence-corrected chi connectivity index (χ1v) is 6.55. The molecule has 4 nitrogen and oxygen atoms in total. The Morgan fingerprint density at radius 3 is 2.94 bits per heavy atom. The third kappa shape index (κ3) is 3.70. The van der Waals surface area contributed by atoms with Crippen molar-refractivity contribution in [1.29, 1.82) is 0 Å². The summed E-state index contributed by atoms with van der Waals surface area (Å²) in [6.45, 7) is 6.47. The van der Waals surface area contributed by atoms with E-state index < -0.39 is 0 Å². The molecule has 0 aromatic heterocycles. The van der Waals surface area contributed by atoms with Crippen molar-refractivity contribution in [3.8, 4) is 0 Å². The number of hydrogen-bond acceptors (Lipinski definition) is 4. The lowest BCUT2D eigenvalue weighted by Crippen LogP contribution is -2.44. The molecule has 2 heterocycles. The van der Waals surface area contributed by atoms with Gasteiger partial charge in [-0.15, -0.1) is 0 Å². The van der Waals surface area contributed by atoms with E-state index in [4.69, 9.17) is 4.74 Å². The van der Waals surface area contributed by atoms with Crippen LogP contribution < -0.4 is 5.32 Å². The molecule has 94 valence electrons. The lowest BCUT2D eigenvalue weighted by atomic mass is 9.96. The maximum absolute atomic E-state index is 10.2. The van der Waals surface area contributed by atoms with E-state index in [1.807, 2.05) is 0 Å². The zero-order chi connectivity index (χ0) is 11.2. The molecule has 2 aliphatic rings. The molecule has 2 fully saturated rings. The highest BCUT2D eigenvalue weighted by Gasteiger charge is 2.23. The highest BCUT2D eigenvalue weighted by atomic mass is 16.5. The Morgan fingerprint density at radius 2 is 2.12 bits per heavy atom. The van der Waals surface area contributed by atoms with Crippen molar-refractivity contribution >= 4 is 0 Å². The van der Waals surface area contributed by atoms with Crippen molar-refractivity contribution < 1.29 is 9.84 Å². The van der Waals surface area contributed by atoms with E-state index in [9.17, 15) is 5.11 Å². The fourth-order valence-electron chi connectivity index (χ4n) is 2.57. The summed E-state index contributed by atoms with van der Waals surface area (Å²) in [6.07, 6.45) is 3.49. The van der Waals surface area contributed by atoms with Crippen LogP contribution in [0.1, 0.15) is 19.3 Å². The van der Waals surface area contributed by atoms with E-state index in [0.717, 1.165) is 45.9 Å². The maximum Gasteiger partial charge on any atom is 0.0707 e. The fraction of sp³-hybridized carbons (Fsp3) is 1.00. The van der Waals surface area contributed by atoms with Gasteiger partial charge in [-0.25, -0.2) is 0 Å². The van der Waals surface area contributed by atoms with Gasteiger partial charge in [0.05, 0.1) is 19.3 Å². The predicted molar refractivity (Wildman–Crippen MR) is 63.5 cm³/mol. The van der Waals surface area contributed by atoms with Crippen LogP contribution in [0.25, 0.3) is 0 Å². The van der Waals surface area contributed by atoms with Crippen LogP contribution in [-0.4, -0.2) is 62.0 Å². The van der Waals surface area contributed by atoms with E-state index in [-0.39, 0.29) is 6.10 Å². The molecule has 0 radical (unpaired) electrons. The van der Waals surface area contributed by atoms with Gasteiger partial charge in [0, 0.05) is 26.2 Å². The molecule has 2 rings (SSSR count). The Hall–Kier alpha value is -0.160. The van der Waals surface area contributed by atoms with Crippen molar-refractivity contribution in [3.63, 3.8) is 0 Å². The minimum atomic E-state index is -0.177. The number of morpholine rings is 1. The molecular formula is C12H24N2O2. The van der Waals surface area contributed by atoms with E-state index >= 15 is 0 Å². The highest BCUT2D eigenvalue weighted by Crippen LogP contribution is 2.16. The van der Waals surface area contributed by atoms with Gasteiger partial charge in [-0.3, -0.25) is 4.90 Å². The van der Waals surface area contributed by atoms with Crippen LogP contribution in [0.15, 0.2) is 0 Å². The van der Waals surface area contributed by atoms with Gasteiger partial charge in [-0.2, -0.15) is 0 Å². The summed E-state index contributed by atoms with van der Waals surface area (Å²) in [6, 6.07) is 0. The van der Waals surface area contributed by atoms with Gasteiger partial charge in [0.2, 0.25) is 0 Å². The molecule has 0 saturated carbocycles. The van der Waals surface area contributed by atoms with Gasteiger partial charge in [0.25, 0.3) is 0 Å². The first kappa shape index (κ1) is 12.3. The summed E-state index contributed by atoms with van der Waals surface area (Å²) in [5, 5.41) is 13.6. The molecule has 2 unspecified atom stereocenters. The molecule has 0 amide bonds. The minimum absolute atomic E-state index is 0.177. The van der Waals surface area contributed by atoms with E-state index in [1.165, 1.54) is 19.3 Å². The van der Waals surface area contributed by atoms with Crippen molar-refractivity contribution in [3.05, 3.63) is 0 Å². The summed E-state index contributed by atoms with van der Waals surface area (Å²) < 4.78 is 5.31. The normalized spacial score (nSPS) is 30.9. The minimum Gasteiger partial charge on any atom is -0.391 e. The molecule has 2 N–H and O–H groups in total. The Balaban J connectivity index is 1.74. The van der Waals surface area contributed by atoms with E-state index in [0.29, 0.717) is 5.92 Å². The third-order valence-electron chi connectivity index (χ3n) is 3.68. The molecule has 16 heavy (non-hydrogen) atoms. The smallest absolute Gasteiger partial charge is 0.0707 e. The van der Waals surface area contributed by atoms with Gasteiger partial charge in [0.1, 0.15) is 0 Å². The van der Waals surface area contributed by atoms with Crippen LogP contribution in [0, 0.1) is 5.92 Å². The van der Waals surface area contributed by atoms with Crippen molar-refractivity contribution in [2.75, 3.05) is 45.9 Å². The molecule has 0 aromatic rings. The molecule has 0 spiro atoms. The third-order valence-corrected chi connectivity index (χ3v) is 3.68. The first-order chi connectivity index (χ1) is 7.86. The van der Waals surface area contributed by atoms with Gasteiger partial charge in [0.15, 0.2) is 0 Å². The summed E-state index contributed by atoms with van der Waals surface area (Å²) >= 11 is 0. The SMILES string of the molecule is OC(CN1CCOCC1)C1CCCCNC1. The van der Waals surface area contributed by atoms with Crippen molar-refractivity contribution in [2.45, 2.75) is 25.4 Å². The first-order valence-electron chi connectivity index (χ1n) is 6.55. The Morgan fingerprint density at radius 1 is 1.31 bits per heavy atom. The monoisotopic (exact) mass is 228 g/mol. The summed E-state index contributed by atoms with van der Waals surface area (Å²) in [4.78, 5) is 2.32. The average Bonchev–Trinajstić information content (AvgIpc) is 2.59. The van der Waals surface area contributed by atoms with Gasteiger partial charge >= 0.3 is 0 Å². The van der Waals surface area contributed by atoms with Crippen LogP contribution in [0.3, 0.4) is 0 Å². The van der Waals surface area contributed by atoms with Gasteiger partial charge in [-0.1, -0.05) is 6.42 Å². The standard InChI is InChI=1S/C12H24N2O2/c15-12(10-14-5-7-16-8-6-14)11-3-1-2-4-13-9-11/h11-13,15H,1-10H2. The van der Waals surface area contributed by atoms with Gasteiger partial charge < -0.3 is 15.2 Å². The molecule has 2 aliphatic heterocycles. The van der Waals surface area contributed by atoms with E-state index in [1.54, 1.807) is 0 Å². The molecule has 2 atom stereocenters. The highest BCUT2D eigenvalue weighted by molar-refractivity contribution is 4.78. The lowest BCUT2D eigenvalue weighted by Gasteiger charge is -2.31. The number of hydrogen-bond donors (Lipinski definition) is 2. The Kier molecular flexibility index (Phi) is 5.03. The largest absolute Gasteiger partial charge is 0.391 e. The van der Waals surface area contributed by atoms with Gasteiger partial charge in [-0.05, 0) is 25.3 Å². The molecule has 0 aliphatic carbocycles. The number of aliphatic hydroxyl groups excluding tert-OH is 1. The molecule has 0 aromatic carbocycles. The second kappa shape index (κ2) is 6.55. The second-order valence-corrected chi connectivity index (χ2v) is 4.94. The number of β-amino-alcohol motifs (C(OH)–C–C–N with tert-alkyl or cyclic N) is 1. The molecule has 0 bridgehead atoms. The molecule has 4 heteroatoms. The van der Waals surface area contributed by atoms with Crippen LogP contribution in [0.5, 0.6) is 0 Å². The number of aliphatic hydroxyl groups is 1. The number of ether oxygens (including phenoxy) is 1. The Labute approximate surface area is 98.0 Å². The van der Waals surface area contributed by atoms with Crippen LogP contribution in [0.4, 0.5) is 0 Å². The lowest BCUT2D eigenvalue weighted by molar-refractivity contribution is 0.000297. The molecule has 2 saturated heterocycles. The summed E-state index contributed by atoms with van der Waals surface area (Å²) in [5.74, 6) is 0.436. The van der Waals surface area contributed by atoms with Crippen molar-refractivity contribution in [1.82, 2.24) is 10.2 Å². The molecular weight excluding hydrogens is 204 g/mol. The van der Waals surface area contributed by atoms with Crippen LogP contribution in [-0.2, 0) is 4.74 Å². The second-order valence-electron chi connectivity index (χ2n) is 4.94. The van der Waals surface area contributed by atoms with Crippen molar-refractivity contribution in [2.24, 2.45) is 5.92 Å². The fourth-order valence-corrected chi connectivity index (χ4v) is 2.57.